The van der Waals surface area contributed by atoms with Gasteiger partial charge in [-0.2, -0.15) is 0 Å². The average molecular weight is 270 g/mol. The van der Waals surface area contributed by atoms with Crippen LogP contribution in [0.15, 0.2) is 24.3 Å². The molecular formula is C15H18N4O. The minimum atomic E-state index is -0.0855. The smallest absolute Gasteiger partial charge is 0.293 e. The number of amides is 1. The highest BCUT2D eigenvalue weighted by atomic mass is 16.2. The molecule has 1 aliphatic rings. The first-order valence-corrected chi connectivity index (χ1v) is 7.05. The number of rotatable bonds is 2. The van der Waals surface area contributed by atoms with Gasteiger partial charge < -0.3 is 4.90 Å². The van der Waals surface area contributed by atoms with Crippen molar-refractivity contribution in [2.24, 2.45) is 0 Å². The quantitative estimate of drug-likeness (QED) is 0.907. The number of hydrogen-bond acceptors (Lipinski definition) is 3. The fourth-order valence-corrected chi connectivity index (χ4v) is 2.56. The average Bonchev–Trinajstić information content (AvgIpc) is 2.85. The van der Waals surface area contributed by atoms with Crippen molar-refractivity contribution >= 4 is 5.91 Å². The molecule has 1 aliphatic heterocycles. The van der Waals surface area contributed by atoms with Crippen molar-refractivity contribution in [2.45, 2.75) is 32.7 Å². The van der Waals surface area contributed by atoms with Gasteiger partial charge in [-0.1, -0.05) is 31.2 Å². The Balaban J connectivity index is 1.82. The minimum absolute atomic E-state index is 0.0855. The van der Waals surface area contributed by atoms with Crippen molar-refractivity contribution < 1.29 is 4.79 Å². The summed E-state index contributed by atoms with van der Waals surface area (Å²) < 4.78 is 0. The Labute approximate surface area is 118 Å². The van der Waals surface area contributed by atoms with Crippen molar-refractivity contribution in [3.05, 3.63) is 47.0 Å². The zero-order valence-electron chi connectivity index (χ0n) is 11.6. The Kier molecular flexibility index (Phi) is 3.50. The van der Waals surface area contributed by atoms with Crippen molar-refractivity contribution in [1.29, 1.82) is 0 Å². The van der Waals surface area contributed by atoms with Gasteiger partial charge in [-0.05, 0) is 24.0 Å². The molecule has 0 fully saturated rings. The summed E-state index contributed by atoms with van der Waals surface area (Å²) in [7, 11) is 0. The van der Waals surface area contributed by atoms with Gasteiger partial charge in [0.1, 0.15) is 5.82 Å². The summed E-state index contributed by atoms with van der Waals surface area (Å²) in [5.74, 6) is 0.947. The molecule has 104 valence electrons. The monoisotopic (exact) mass is 270 g/mol. The largest absolute Gasteiger partial charge is 0.332 e. The third-order valence-electron chi connectivity index (χ3n) is 3.70. The van der Waals surface area contributed by atoms with Gasteiger partial charge in [0, 0.05) is 19.5 Å². The van der Waals surface area contributed by atoms with E-state index in [4.69, 9.17) is 0 Å². The Morgan fingerprint density at radius 2 is 2.15 bits per heavy atom. The maximum absolute atomic E-state index is 12.5. The summed E-state index contributed by atoms with van der Waals surface area (Å²) in [6, 6.07) is 8.32. The highest BCUT2D eigenvalue weighted by molar-refractivity contribution is 5.90. The molecule has 20 heavy (non-hydrogen) atoms. The van der Waals surface area contributed by atoms with Gasteiger partial charge in [0.25, 0.3) is 5.91 Å². The number of nitrogens with one attached hydrogen (secondary N) is 1. The first kappa shape index (κ1) is 12.8. The van der Waals surface area contributed by atoms with Crippen LogP contribution in [0.25, 0.3) is 0 Å². The van der Waals surface area contributed by atoms with E-state index in [-0.39, 0.29) is 11.7 Å². The predicted molar refractivity (Wildman–Crippen MR) is 75.3 cm³/mol. The molecule has 0 spiro atoms. The van der Waals surface area contributed by atoms with Crippen LogP contribution in [0.4, 0.5) is 0 Å². The van der Waals surface area contributed by atoms with E-state index >= 15 is 0 Å². The number of fused-ring (bicyclic) bond motifs is 1. The van der Waals surface area contributed by atoms with E-state index in [9.17, 15) is 4.79 Å². The lowest BCUT2D eigenvalue weighted by atomic mass is 10.0. The standard InChI is InChI=1S/C15H18N4O/c1-2-13-16-14(18-17-13)15(20)19-9-5-8-11-6-3-4-7-12(11)10-19/h3-4,6-7H,2,5,8-10H2,1H3,(H,16,17,18). The molecule has 5 nitrogen and oxygen atoms in total. The maximum atomic E-state index is 12.5. The van der Waals surface area contributed by atoms with Crippen LogP contribution < -0.4 is 0 Å². The maximum Gasteiger partial charge on any atom is 0.293 e. The summed E-state index contributed by atoms with van der Waals surface area (Å²) in [6.07, 6.45) is 2.76. The molecule has 1 aromatic heterocycles. The molecule has 2 aromatic rings. The number of aromatic amines is 1. The van der Waals surface area contributed by atoms with Gasteiger partial charge in [-0.25, -0.2) is 4.98 Å². The third-order valence-corrected chi connectivity index (χ3v) is 3.70. The van der Waals surface area contributed by atoms with E-state index in [1.165, 1.54) is 11.1 Å². The molecule has 1 N–H and O–H groups in total. The van der Waals surface area contributed by atoms with Crippen LogP contribution >= 0.6 is 0 Å². The van der Waals surface area contributed by atoms with Crippen molar-refractivity contribution in [3.8, 4) is 0 Å². The number of nitrogens with zero attached hydrogens (tertiary/aromatic N) is 3. The Morgan fingerprint density at radius 1 is 1.35 bits per heavy atom. The number of aryl methyl sites for hydroxylation is 2. The molecule has 0 unspecified atom stereocenters. The molecule has 0 aliphatic carbocycles. The summed E-state index contributed by atoms with van der Waals surface area (Å²) in [4.78, 5) is 18.5. The van der Waals surface area contributed by atoms with Gasteiger partial charge >= 0.3 is 0 Å². The lowest BCUT2D eigenvalue weighted by Crippen LogP contribution is -2.31. The highest BCUT2D eigenvalue weighted by Crippen LogP contribution is 2.19. The lowest BCUT2D eigenvalue weighted by molar-refractivity contribution is 0.0734. The summed E-state index contributed by atoms with van der Waals surface area (Å²) in [5.41, 5.74) is 2.57. The Morgan fingerprint density at radius 3 is 2.90 bits per heavy atom. The van der Waals surface area contributed by atoms with E-state index in [0.717, 1.165) is 31.6 Å². The number of H-pyrrole nitrogens is 1. The van der Waals surface area contributed by atoms with Crippen LogP contribution in [0.2, 0.25) is 0 Å². The SMILES string of the molecule is CCc1nc(C(=O)N2CCCc3ccccc3C2)n[nH]1. The molecule has 0 bridgehead atoms. The molecule has 1 aromatic carbocycles. The molecule has 0 atom stereocenters. The number of carbonyl (C=O) groups is 1. The van der Waals surface area contributed by atoms with Crippen molar-refractivity contribution in [1.82, 2.24) is 20.1 Å². The third kappa shape index (κ3) is 2.43. The van der Waals surface area contributed by atoms with E-state index in [1.54, 1.807) is 0 Å². The van der Waals surface area contributed by atoms with E-state index in [1.807, 2.05) is 17.9 Å². The van der Waals surface area contributed by atoms with Crippen molar-refractivity contribution in [3.63, 3.8) is 0 Å². The lowest BCUT2D eigenvalue weighted by Gasteiger charge is -2.19. The molecule has 0 radical (unpaired) electrons. The van der Waals surface area contributed by atoms with Crippen LogP contribution in [0.5, 0.6) is 0 Å². The van der Waals surface area contributed by atoms with Gasteiger partial charge in [0.05, 0.1) is 0 Å². The normalized spacial score (nSPS) is 14.8. The fraction of sp³-hybridized carbons (Fsp3) is 0.400. The van der Waals surface area contributed by atoms with Crippen LogP contribution in [-0.2, 0) is 19.4 Å². The van der Waals surface area contributed by atoms with Gasteiger partial charge in [0.15, 0.2) is 0 Å². The minimum Gasteiger partial charge on any atom is -0.332 e. The second kappa shape index (κ2) is 5.45. The van der Waals surface area contributed by atoms with Gasteiger partial charge in [-0.3, -0.25) is 9.89 Å². The van der Waals surface area contributed by atoms with E-state index in [0.29, 0.717) is 6.54 Å². The second-order valence-corrected chi connectivity index (χ2v) is 5.06. The van der Waals surface area contributed by atoms with Gasteiger partial charge in [-0.15, -0.1) is 5.10 Å². The zero-order valence-corrected chi connectivity index (χ0v) is 11.6. The summed E-state index contributed by atoms with van der Waals surface area (Å²) >= 11 is 0. The van der Waals surface area contributed by atoms with E-state index < -0.39 is 0 Å². The number of aromatic nitrogens is 3. The first-order valence-electron chi connectivity index (χ1n) is 7.05. The first-order chi connectivity index (χ1) is 9.78. The molecule has 3 rings (SSSR count). The highest BCUT2D eigenvalue weighted by Gasteiger charge is 2.22. The molecule has 0 saturated heterocycles. The van der Waals surface area contributed by atoms with Crippen molar-refractivity contribution in [2.75, 3.05) is 6.54 Å². The van der Waals surface area contributed by atoms with Crippen LogP contribution in [0.1, 0.15) is 40.9 Å². The topological polar surface area (TPSA) is 61.9 Å². The summed E-state index contributed by atoms with van der Waals surface area (Å²) in [5, 5.41) is 6.82. The molecule has 2 heterocycles. The van der Waals surface area contributed by atoms with Crippen LogP contribution in [-0.4, -0.2) is 32.5 Å². The summed E-state index contributed by atoms with van der Waals surface area (Å²) in [6.45, 7) is 3.38. The van der Waals surface area contributed by atoms with Gasteiger partial charge in [0.2, 0.25) is 5.82 Å². The predicted octanol–water partition coefficient (Wildman–Crippen LogP) is 1.96. The molecular weight excluding hydrogens is 252 g/mol. The number of hydrogen-bond donors (Lipinski definition) is 1. The molecule has 1 amide bonds. The molecule has 0 saturated carbocycles. The number of benzene rings is 1. The number of carbonyl (C=O) groups excluding carboxylic acids is 1. The van der Waals surface area contributed by atoms with Crippen LogP contribution in [0, 0.1) is 0 Å². The Hall–Kier alpha value is -2.17. The van der Waals surface area contributed by atoms with Crippen LogP contribution in [0.3, 0.4) is 0 Å². The fourth-order valence-electron chi connectivity index (χ4n) is 2.56. The van der Waals surface area contributed by atoms with E-state index in [2.05, 4.69) is 33.4 Å². The zero-order chi connectivity index (χ0) is 13.9. The Bertz CT molecular complexity index is 620. The second-order valence-electron chi connectivity index (χ2n) is 5.06. The molecule has 5 heteroatoms.